The van der Waals surface area contributed by atoms with Crippen LogP contribution in [0.4, 0.5) is 23.7 Å². The molecule has 0 radical (unpaired) electrons. The highest BCUT2D eigenvalue weighted by atomic mass is 127. The van der Waals surface area contributed by atoms with E-state index in [-0.39, 0.29) is 14.1 Å². The fraction of sp³-hybridized carbons (Fsp3) is 0.474. The fourth-order valence-electron chi connectivity index (χ4n) is 2.63. The summed E-state index contributed by atoms with van der Waals surface area (Å²) in [5.41, 5.74) is -0.459. The van der Waals surface area contributed by atoms with E-state index in [0.717, 1.165) is 0 Å². The number of benzene rings is 1. The molecule has 1 heterocycles. The van der Waals surface area contributed by atoms with Crippen molar-refractivity contribution in [2.75, 3.05) is 4.90 Å². The van der Waals surface area contributed by atoms with Crippen LogP contribution in [0.25, 0.3) is 11.3 Å². The summed E-state index contributed by atoms with van der Waals surface area (Å²) in [5.74, 6) is 0. The third-order valence-corrected chi connectivity index (χ3v) is 4.40. The number of anilines is 1. The molecule has 0 fully saturated rings. The molecule has 154 valence electrons. The van der Waals surface area contributed by atoms with Crippen molar-refractivity contribution >= 4 is 34.4 Å². The van der Waals surface area contributed by atoms with E-state index in [9.17, 15) is 18.0 Å². The van der Waals surface area contributed by atoms with E-state index in [0.29, 0.717) is 11.3 Å². The van der Waals surface area contributed by atoms with Crippen LogP contribution in [0.5, 0.6) is 0 Å². The lowest BCUT2D eigenvalue weighted by molar-refractivity contribution is -0.204. The van der Waals surface area contributed by atoms with Gasteiger partial charge in [-0.25, -0.2) is 14.3 Å². The predicted octanol–water partition coefficient (Wildman–Crippen LogP) is 6.17. The molecule has 0 bridgehead atoms. The van der Waals surface area contributed by atoms with Gasteiger partial charge in [0.15, 0.2) is 3.83 Å². The first-order valence-corrected chi connectivity index (χ1v) is 9.63. The maximum absolute atomic E-state index is 13.3. The van der Waals surface area contributed by atoms with Crippen molar-refractivity contribution in [3.8, 4) is 11.3 Å². The maximum Gasteiger partial charge on any atom is 0.490 e. The molecule has 5 nitrogen and oxygen atoms in total. The number of carbonyl (C=O) groups is 1. The molecule has 0 saturated carbocycles. The zero-order valence-electron chi connectivity index (χ0n) is 16.6. The number of imidazole rings is 1. The smallest absolute Gasteiger partial charge is 0.443 e. The van der Waals surface area contributed by atoms with Crippen LogP contribution in [-0.2, 0) is 11.0 Å². The van der Waals surface area contributed by atoms with Gasteiger partial charge in [0.2, 0.25) is 0 Å². The van der Waals surface area contributed by atoms with Crippen molar-refractivity contribution in [1.29, 1.82) is 0 Å². The lowest BCUT2D eigenvalue weighted by atomic mass is 10.0. The summed E-state index contributed by atoms with van der Waals surface area (Å²) < 4.78 is 45.4. The van der Waals surface area contributed by atoms with Gasteiger partial charge >= 0.3 is 12.4 Å². The van der Waals surface area contributed by atoms with E-state index in [1.165, 1.54) is 23.2 Å². The Labute approximate surface area is 176 Å². The maximum atomic E-state index is 13.3. The van der Waals surface area contributed by atoms with Crippen molar-refractivity contribution in [2.24, 2.45) is 0 Å². The zero-order valence-corrected chi connectivity index (χ0v) is 18.7. The van der Waals surface area contributed by atoms with E-state index < -0.39 is 23.5 Å². The number of rotatable bonds is 2. The molecule has 28 heavy (non-hydrogen) atoms. The minimum atomic E-state index is -4.57. The van der Waals surface area contributed by atoms with Crippen molar-refractivity contribution < 1.29 is 22.7 Å². The average Bonchev–Trinajstić information content (AvgIpc) is 2.86. The first-order valence-electron chi connectivity index (χ1n) is 8.55. The Balaban J connectivity index is 2.44. The number of aromatic nitrogens is 2. The van der Waals surface area contributed by atoms with Gasteiger partial charge in [0.05, 0.1) is 11.9 Å². The summed E-state index contributed by atoms with van der Waals surface area (Å²) in [6, 6.07) is 6.28. The van der Waals surface area contributed by atoms with Crippen LogP contribution in [-0.4, -0.2) is 26.8 Å². The molecule has 2 aromatic rings. The highest BCUT2D eigenvalue weighted by Crippen LogP contribution is 2.34. The fourth-order valence-corrected chi connectivity index (χ4v) is 3.30. The monoisotopic (exact) mass is 509 g/mol. The van der Waals surface area contributed by atoms with Crippen LogP contribution in [0, 0.1) is 3.83 Å². The van der Waals surface area contributed by atoms with E-state index in [4.69, 9.17) is 4.74 Å². The van der Waals surface area contributed by atoms with Gasteiger partial charge in [-0.3, -0.25) is 4.90 Å². The number of hydrogen-bond donors (Lipinski definition) is 0. The van der Waals surface area contributed by atoms with Crippen LogP contribution in [0.1, 0.15) is 41.5 Å². The highest BCUT2D eigenvalue weighted by Gasteiger charge is 2.36. The summed E-state index contributed by atoms with van der Waals surface area (Å²) >= 11 is 1.54. The van der Waals surface area contributed by atoms with Gasteiger partial charge in [-0.1, -0.05) is 12.1 Å². The molecular weight excluding hydrogens is 486 g/mol. The van der Waals surface area contributed by atoms with E-state index in [1.807, 2.05) is 20.8 Å². The molecule has 1 aromatic carbocycles. The van der Waals surface area contributed by atoms with Gasteiger partial charge in [0.1, 0.15) is 5.60 Å². The number of ether oxygens (including phenoxy) is 1. The number of halogens is 4. The van der Waals surface area contributed by atoms with Gasteiger partial charge in [0.25, 0.3) is 0 Å². The molecule has 9 heteroatoms. The van der Waals surface area contributed by atoms with Gasteiger partial charge in [-0.15, -0.1) is 13.2 Å². The van der Waals surface area contributed by atoms with Gasteiger partial charge in [-0.2, -0.15) is 0 Å². The van der Waals surface area contributed by atoms with Crippen LogP contribution in [0.15, 0.2) is 30.5 Å². The molecule has 0 aliphatic rings. The molecule has 0 spiro atoms. The molecule has 0 saturated heterocycles. The Kier molecular flexibility index (Phi) is 6.08. The first-order chi connectivity index (χ1) is 12.6. The van der Waals surface area contributed by atoms with Crippen LogP contribution in [0.3, 0.4) is 0 Å². The van der Waals surface area contributed by atoms with E-state index in [2.05, 4.69) is 4.98 Å². The Hall–Kier alpha value is -1.78. The largest absolute Gasteiger partial charge is 0.490 e. The Morgan fingerprint density at radius 1 is 1.07 bits per heavy atom. The first kappa shape index (κ1) is 22.5. The molecule has 1 aromatic heterocycles. The summed E-state index contributed by atoms with van der Waals surface area (Å²) in [5, 5.41) is 0. The number of carbonyl (C=O) groups excluding carboxylic acids is 1. The third kappa shape index (κ3) is 5.18. The van der Waals surface area contributed by atoms with Crippen molar-refractivity contribution in [2.45, 2.75) is 59.0 Å². The molecule has 1 amide bonds. The summed E-state index contributed by atoms with van der Waals surface area (Å²) in [6.45, 7) is 10.9. The van der Waals surface area contributed by atoms with Gasteiger partial charge < -0.3 is 4.74 Å². The van der Waals surface area contributed by atoms with E-state index in [1.54, 1.807) is 55.5 Å². The Morgan fingerprint density at radius 3 is 2.04 bits per heavy atom. The number of nitrogens with zero attached hydrogens (tertiary/aromatic N) is 3. The molecule has 0 aliphatic heterocycles. The van der Waals surface area contributed by atoms with Crippen LogP contribution in [0.2, 0.25) is 0 Å². The van der Waals surface area contributed by atoms with E-state index >= 15 is 0 Å². The van der Waals surface area contributed by atoms with Crippen molar-refractivity contribution in [1.82, 2.24) is 9.55 Å². The SMILES string of the molecule is CC(C)(C)OC(=O)N(c1ccc(-c2cnc(I)n2C(F)(F)F)cc1)C(C)(C)C. The topological polar surface area (TPSA) is 47.4 Å². The molecule has 0 unspecified atom stereocenters. The second kappa shape index (κ2) is 7.57. The molecule has 0 N–H and O–H groups in total. The number of amides is 1. The lowest BCUT2D eigenvalue weighted by Gasteiger charge is -2.36. The van der Waals surface area contributed by atoms with Crippen molar-refractivity contribution in [3.63, 3.8) is 0 Å². The third-order valence-electron chi connectivity index (χ3n) is 3.64. The molecule has 2 rings (SSSR count). The Bertz CT molecular complexity index is 847. The average molecular weight is 509 g/mol. The summed E-state index contributed by atoms with van der Waals surface area (Å²) in [6.07, 6.45) is -3.92. The van der Waals surface area contributed by atoms with Crippen molar-refractivity contribution in [3.05, 3.63) is 34.3 Å². The van der Waals surface area contributed by atoms with Gasteiger partial charge in [0, 0.05) is 39.4 Å². The molecule has 0 atom stereocenters. The number of hydrogen-bond acceptors (Lipinski definition) is 3. The Morgan fingerprint density at radius 2 is 1.61 bits per heavy atom. The minimum absolute atomic E-state index is 0.0666. The number of alkyl halides is 3. The second-order valence-corrected chi connectivity index (χ2v) is 9.21. The summed E-state index contributed by atoms with van der Waals surface area (Å²) in [7, 11) is 0. The molecular formula is C19H23F3IN3O2. The van der Waals surface area contributed by atoms with Gasteiger partial charge in [-0.05, 0) is 53.7 Å². The quantitative estimate of drug-likeness (QED) is 0.455. The van der Waals surface area contributed by atoms with Crippen LogP contribution < -0.4 is 4.90 Å². The zero-order chi connectivity index (χ0) is 21.5. The normalized spacial score (nSPS) is 12.8. The predicted molar refractivity (Wildman–Crippen MR) is 110 cm³/mol. The summed E-state index contributed by atoms with van der Waals surface area (Å²) in [4.78, 5) is 17.9. The lowest BCUT2D eigenvalue weighted by Crippen LogP contribution is -2.48. The highest BCUT2D eigenvalue weighted by molar-refractivity contribution is 14.1. The van der Waals surface area contributed by atoms with Crippen LogP contribution >= 0.6 is 22.6 Å². The standard InChI is InChI=1S/C19H23F3IN3O2/c1-17(2,3)25(16(27)28-18(4,5)6)13-9-7-12(8-10-13)14-11-24-15(23)26(14)19(20,21)22/h7-11H,1-6H3. The molecule has 0 aliphatic carbocycles. The second-order valence-electron chi connectivity index (χ2n) is 8.25. The minimum Gasteiger partial charge on any atom is -0.443 e.